The summed E-state index contributed by atoms with van der Waals surface area (Å²) < 4.78 is 20.2. The highest BCUT2D eigenvalue weighted by atomic mass is 19.1. The van der Waals surface area contributed by atoms with Gasteiger partial charge in [-0.25, -0.2) is 4.39 Å². The number of para-hydroxylation sites is 1. The van der Waals surface area contributed by atoms with E-state index in [1.54, 1.807) is 18.2 Å². The van der Waals surface area contributed by atoms with E-state index in [9.17, 15) is 9.18 Å². The maximum atomic E-state index is 14.1. The molecule has 0 fully saturated rings. The monoisotopic (exact) mass is 436 g/mol. The van der Waals surface area contributed by atoms with Crippen molar-refractivity contribution in [2.75, 3.05) is 5.01 Å². The molecule has 4 aromatic carbocycles. The molecule has 0 aliphatic carbocycles. The van der Waals surface area contributed by atoms with Crippen molar-refractivity contribution in [3.05, 3.63) is 114 Å². The molecule has 5 heteroatoms. The summed E-state index contributed by atoms with van der Waals surface area (Å²) in [6.45, 7) is 1.90. The average Bonchev–Trinajstić information content (AvgIpc) is 3.13. The minimum atomic E-state index is -0.314. The van der Waals surface area contributed by atoms with Crippen LogP contribution in [0.5, 0.6) is 5.75 Å². The molecule has 0 radical (unpaired) electrons. The van der Waals surface area contributed by atoms with Crippen LogP contribution in [0.25, 0.3) is 16.8 Å². The van der Waals surface area contributed by atoms with Gasteiger partial charge in [0.1, 0.15) is 18.2 Å². The van der Waals surface area contributed by atoms with Crippen LogP contribution in [-0.4, -0.2) is 11.6 Å². The van der Waals surface area contributed by atoms with Gasteiger partial charge in [-0.2, -0.15) is 10.1 Å². The van der Waals surface area contributed by atoms with Gasteiger partial charge < -0.3 is 4.74 Å². The van der Waals surface area contributed by atoms with Crippen molar-refractivity contribution in [3.8, 4) is 5.75 Å². The number of anilines is 1. The molecule has 1 aliphatic heterocycles. The first-order chi connectivity index (χ1) is 16.1. The molecule has 4 nitrogen and oxygen atoms in total. The number of rotatable bonds is 5. The standard InChI is InChI=1S/C28H21FN2O2/c1-19-24(28(32)31(30-19)22-11-3-2-4-12-22)17-25-23-13-7-5-9-20(23)15-16-27(25)33-18-21-10-6-8-14-26(21)29/h2-17H,18H2,1H3/b24-17+. The zero-order valence-corrected chi connectivity index (χ0v) is 18.0. The number of hydrogen-bond acceptors (Lipinski definition) is 3. The number of amides is 1. The van der Waals surface area contributed by atoms with Crippen molar-refractivity contribution >= 4 is 34.2 Å². The van der Waals surface area contributed by atoms with E-state index < -0.39 is 0 Å². The van der Waals surface area contributed by atoms with Crippen molar-refractivity contribution in [2.45, 2.75) is 13.5 Å². The Hall–Kier alpha value is -4.25. The molecule has 33 heavy (non-hydrogen) atoms. The lowest BCUT2D eigenvalue weighted by molar-refractivity contribution is -0.114. The first kappa shape index (κ1) is 20.6. The molecule has 5 rings (SSSR count). The van der Waals surface area contributed by atoms with Gasteiger partial charge >= 0.3 is 0 Å². The number of benzene rings is 4. The Kier molecular flexibility index (Phi) is 5.45. The predicted octanol–water partition coefficient (Wildman–Crippen LogP) is 6.36. The second kappa shape index (κ2) is 8.71. The number of fused-ring (bicyclic) bond motifs is 1. The Bertz CT molecular complexity index is 1410. The first-order valence-corrected chi connectivity index (χ1v) is 10.7. The molecule has 162 valence electrons. The van der Waals surface area contributed by atoms with E-state index in [2.05, 4.69) is 5.10 Å². The van der Waals surface area contributed by atoms with Crippen molar-refractivity contribution < 1.29 is 13.9 Å². The Morgan fingerprint density at radius 1 is 0.909 bits per heavy atom. The fourth-order valence-electron chi connectivity index (χ4n) is 3.89. The largest absolute Gasteiger partial charge is 0.488 e. The molecule has 0 spiro atoms. The fraction of sp³-hybridized carbons (Fsp3) is 0.0714. The maximum Gasteiger partial charge on any atom is 0.280 e. The van der Waals surface area contributed by atoms with Crippen molar-refractivity contribution in [1.82, 2.24) is 0 Å². The van der Waals surface area contributed by atoms with E-state index in [0.717, 1.165) is 16.3 Å². The highest BCUT2D eigenvalue weighted by Gasteiger charge is 2.29. The summed E-state index contributed by atoms with van der Waals surface area (Å²) in [7, 11) is 0. The molecule has 4 aromatic rings. The lowest BCUT2D eigenvalue weighted by atomic mass is 9.99. The molecular formula is C28H21FN2O2. The van der Waals surface area contributed by atoms with E-state index in [4.69, 9.17) is 4.74 Å². The molecule has 1 aliphatic rings. The normalized spacial score (nSPS) is 14.7. The van der Waals surface area contributed by atoms with Gasteiger partial charge in [-0.05, 0) is 48.0 Å². The number of carbonyl (C=O) groups is 1. The van der Waals surface area contributed by atoms with Gasteiger partial charge in [0.2, 0.25) is 0 Å². The van der Waals surface area contributed by atoms with E-state index in [1.807, 2.05) is 79.7 Å². The van der Waals surface area contributed by atoms with E-state index in [1.165, 1.54) is 11.1 Å². The van der Waals surface area contributed by atoms with Crippen LogP contribution in [0.1, 0.15) is 18.1 Å². The van der Waals surface area contributed by atoms with Crippen LogP contribution in [0.3, 0.4) is 0 Å². The summed E-state index contributed by atoms with van der Waals surface area (Å²) >= 11 is 0. The first-order valence-electron chi connectivity index (χ1n) is 10.7. The van der Waals surface area contributed by atoms with Crippen LogP contribution in [-0.2, 0) is 11.4 Å². The summed E-state index contributed by atoms with van der Waals surface area (Å²) in [6.07, 6.45) is 1.82. The van der Waals surface area contributed by atoms with Crippen LogP contribution in [0.15, 0.2) is 102 Å². The van der Waals surface area contributed by atoms with Crippen LogP contribution >= 0.6 is 0 Å². The zero-order valence-electron chi connectivity index (χ0n) is 18.0. The SMILES string of the molecule is CC1=NN(c2ccccc2)C(=O)/C1=C/c1c(OCc2ccccc2F)ccc2ccccc12. The summed E-state index contributed by atoms with van der Waals surface area (Å²) in [4.78, 5) is 13.2. The van der Waals surface area contributed by atoms with Crippen LogP contribution in [0.2, 0.25) is 0 Å². The molecular weight excluding hydrogens is 415 g/mol. The van der Waals surface area contributed by atoms with Gasteiger partial charge in [-0.3, -0.25) is 4.79 Å². The smallest absolute Gasteiger partial charge is 0.280 e. The number of carbonyl (C=O) groups excluding carboxylic acids is 1. The Labute approximate surface area is 191 Å². The predicted molar refractivity (Wildman–Crippen MR) is 130 cm³/mol. The summed E-state index contributed by atoms with van der Waals surface area (Å²) in [5, 5.41) is 7.84. The minimum Gasteiger partial charge on any atom is -0.488 e. The molecule has 0 saturated heterocycles. The summed E-state index contributed by atoms with van der Waals surface area (Å²) in [6, 6.07) is 27.6. The lowest BCUT2D eigenvalue weighted by Gasteiger charge is -2.14. The third kappa shape index (κ3) is 4.01. The number of hydrazone groups is 1. The van der Waals surface area contributed by atoms with Gasteiger partial charge in [0, 0.05) is 11.1 Å². The molecule has 0 atom stereocenters. The Morgan fingerprint density at radius 3 is 2.45 bits per heavy atom. The second-order valence-electron chi connectivity index (χ2n) is 7.77. The second-order valence-corrected chi connectivity index (χ2v) is 7.77. The summed E-state index contributed by atoms with van der Waals surface area (Å²) in [5.41, 5.74) is 3.05. The molecule has 0 aromatic heterocycles. The van der Waals surface area contributed by atoms with Gasteiger partial charge in [-0.15, -0.1) is 0 Å². The number of nitrogens with zero attached hydrogens (tertiary/aromatic N) is 2. The lowest BCUT2D eigenvalue weighted by Crippen LogP contribution is -2.21. The highest BCUT2D eigenvalue weighted by molar-refractivity contribution is 6.32. The van der Waals surface area contributed by atoms with E-state index in [0.29, 0.717) is 28.3 Å². The Morgan fingerprint density at radius 2 is 1.64 bits per heavy atom. The van der Waals surface area contributed by atoms with Crippen LogP contribution < -0.4 is 9.75 Å². The number of halogens is 1. The quantitative estimate of drug-likeness (QED) is 0.342. The van der Waals surface area contributed by atoms with Gasteiger partial charge in [0.15, 0.2) is 0 Å². The van der Waals surface area contributed by atoms with Crippen molar-refractivity contribution in [1.29, 1.82) is 0 Å². The molecule has 0 bridgehead atoms. The number of ether oxygens (including phenoxy) is 1. The van der Waals surface area contributed by atoms with Crippen LogP contribution in [0, 0.1) is 5.82 Å². The Balaban J connectivity index is 1.56. The molecule has 1 amide bonds. The van der Waals surface area contributed by atoms with Crippen molar-refractivity contribution in [2.24, 2.45) is 5.10 Å². The maximum absolute atomic E-state index is 14.1. The average molecular weight is 436 g/mol. The van der Waals surface area contributed by atoms with Crippen molar-refractivity contribution in [3.63, 3.8) is 0 Å². The minimum absolute atomic E-state index is 0.0817. The van der Waals surface area contributed by atoms with Gasteiger partial charge in [-0.1, -0.05) is 66.7 Å². The zero-order chi connectivity index (χ0) is 22.8. The molecule has 1 heterocycles. The van der Waals surface area contributed by atoms with E-state index >= 15 is 0 Å². The third-order valence-corrected chi connectivity index (χ3v) is 5.62. The summed E-state index contributed by atoms with van der Waals surface area (Å²) in [5.74, 6) is 0.0561. The third-order valence-electron chi connectivity index (χ3n) is 5.62. The van der Waals surface area contributed by atoms with Crippen LogP contribution in [0.4, 0.5) is 10.1 Å². The van der Waals surface area contributed by atoms with E-state index in [-0.39, 0.29) is 18.3 Å². The van der Waals surface area contributed by atoms with Gasteiger partial charge in [0.05, 0.1) is 17.0 Å². The highest BCUT2D eigenvalue weighted by Crippen LogP contribution is 2.33. The van der Waals surface area contributed by atoms with Gasteiger partial charge in [0.25, 0.3) is 5.91 Å². The topological polar surface area (TPSA) is 41.9 Å². The molecule has 0 N–H and O–H groups in total. The number of hydrogen-bond donors (Lipinski definition) is 0. The fourth-order valence-corrected chi connectivity index (χ4v) is 3.89. The molecule has 0 unspecified atom stereocenters. The molecule has 0 saturated carbocycles.